The first-order valence-corrected chi connectivity index (χ1v) is 8.25. The number of nitrogen functional groups attached to an aromatic ring is 1. The van der Waals surface area contributed by atoms with Crippen LogP contribution in [-0.2, 0) is 6.54 Å². The van der Waals surface area contributed by atoms with Gasteiger partial charge in [-0.05, 0) is 44.2 Å². The van der Waals surface area contributed by atoms with Gasteiger partial charge in [0.15, 0.2) is 0 Å². The molecule has 2 aromatic rings. The number of aromatic nitrogens is 1. The summed E-state index contributed by atoms with van der Waals surface area (Å²) >= 11 is 1.68. The van der Waals surface area contributed by atoms with Crippen LogP contribution >= 0.6 is 11.3 Å². The van der Waals surface area contributed by atoms with Crippen LogP contribution in [0.1, 0.15) is 48.1 Å². The number of nitrogens with zero attached hydrogens (tertiary/aromatic N) is 2. The minimum atomic E-state index is 0.0713. The third kappa shape index (κ3) is 2.97. The average Bonchev–Trinajstić information content (AvgIpc) is 3.01. The molecule has 1 aliphatic rings. The Balaban J connectivity index is 1.87. The van der Waals surface area contributed by atoms with Gasteiger partial charge in [-0.15, -0.1) is 11.3 Å². The zero-order chi connectivity index (χ0) is 15.0. The van der Waals surface area contributed by atoms with Crippen molar-refractivity contribution < 1.29 is 4.79 Å². The van der Waals surface area contributed by atoms with Crippen molar-refractivity contribution in [1.29, 1.82) is 0 Å². The van der Waals surface area contributed by atoms with Crippen LogP contribution in [-0.4, -0.2) is 21.4 Å². The Labute approximate surface area is 129 Å². The van der Waals surface area contributed by atoms with Crippen LogP contribution in [0.4, 0.5) is 5.69 Å². The first-order chi connectivity index (χ1) is 10.1. The van der Waals surface area contributed by atoms with Crippen LogP contribution in [0.5, 0.6) is 0 Å². The predicted molar refractivity (Wildman–Crippen MR) is 86.4 cm³/mol. The van der Waals surface area contributed by atoms with Gasteiger partial charge in [0, 0.05) is 23.2 Å². The summed E-state index contributed by atoms with van der Waals surface area (Å²) in [4.78, 5) is 16.1. The Bertz CT molecular complexity index is 626. The van der Waals surface area contributed by atoms with E-state index in [1.807, 2.05) is 28.6 Å². The lowest BCUT2D eigenvalue weighted by Gasteiger charge is -2.26. The zero-order valence-corrected chi connectivity index (χ0v) is 13.3. The Morgan fingerprint density at radius 3 is 2.86 bits per heavy atom. The summed E-state index contributed by atoms with van der Waals surface area (Å²) in [7, 11) is 0. The van der Waals surface area contributed by atoms with Crippen molar-refractivity contribution in [3.63, 3.8) is 0 Å². The SMILES string of the molecule is CC(C)N(Cc1cccs1)C(=O)c1cc(N)cn1C1CC1. The molecule has 0 atom stereocenters. The summed E-state index contributed by atoms with van der Waals surface area (Å²) < 4.78 is 2.06. The molecule has 0 radical (unpaired) electrons. The molecule has 21 heavy (non-hydrogen) atoms. The van der Waals surface area contributed by atoms with Crippen molar-refractivity contribution >= 4 is 22.9 Å². The lowest BCUT2D eigenvalue weighted by Crippen LogP contribution is -2.37. The average molecular weight is 303 g/mol. The fraction of sp³-hybridized carbons (Fsp3) is 0.438. The molecule has 112 valence electrons. The third-order valence-electron chi connectivity index (χ3n) is 3.82. The van der Waals surface area contributed by atoms with Crippen LogP contribution < -0.4 is 5.73 Å². The number of rotatable bonds is 5. The number of anilines is 1. The second kappa shape index (κ2) is 5.56. The molecule has 4 nitrogen and oxygen atoms in total. The third-order valence-corrected chi connectivity index (χ3v) is 4.68. The Morgan fingerprint density at radius 1 is 1.52 bits per heavy atom. The summed E-state index contributed by atoms with van der Waals surface area (Å²) in [6.45, 7) is 4.77. The molecule has 1 amide bonds. The quantitative estimate of drug-likeness (QED) is 0.919. The van der Waals surface area contributed by atoms with E-state index in [9.17, 15) is 4.79 Å². The molecule has 2 heterocycles. The molecule has 0 unspecified atom stereocenters. The Hall–Kier alpha value is -1.75. The van der Waals surface area contributed by atoms with Gasteiger partial charge in [-0.25, -0.2) is 0 Å². The van der Waals surface area contributed by atoms with Gasteiger partial charge >= 0.3 is 0 Å². The van der Waals surface area contributed by atoms with Gasteiger partial charge in [0.25, 0.3) is 5.91 Å². The van der Waals surface area contributed by atoms with Gasteiger partial charge in [0.2, 0.25) is 0 Å². The minimum absolute atomic E-state index is 0.0713. The van der Waals surface area contributed by atoms with E-state index in [0.717, 1.165) is 18.5 Å². The maximum atomic E-state index is 12.9. The van der Waals surface area contributed by atoms with Crippen molar-refractivity contribution in [1.82, 2.24) is 9.47 Å². The van der Waals surface area contributed by atoms with E-state index in [2.05, 4.69) is 24.5 Å². The highest BCUT2D eigenvalue weighted by Gasteiger charge is 2.30. The van der Waals surface area contributed by atoms with Crippen LogP contribution in [0.2, 0.25) is 0 Å². The monoisotopic (exact) mass is 303 g/mol. The van der Waals surface area contributed by atoms with Crippen LogP contribution in [0.25, 0.3) is 0 Å². The molecule has 1 aliphatic carbocycles. The van der Waals surface area contributed by atoms with E-state index >= 15 is 0 Å². The molecule has 0 aromatic carbocycles. The number of nitrogens with two attached hydrogens (primary N) is 1. The van der Waals surface area contributed by atoms with Crippen molar-refractivity contribution in [2.45, 2.75) is 45.3 Å². The second-order valence-corrected chi connectivity index (χ2v) is 6.94. The molecule has 3 rings (SSSR count). The van der Waals surface area contributed by atoms with E-state index in [1.165, 1.54) is 4.88 Å². The number of carbonyl (C=O) groups excluding carboxylic acids is 1. The summed E-state index contributed by atoms with van der Waals surface area (Å²) in [6.07, 6.45) is 4.18. The number of thiophene rings is 1. The first kappa shape index (κ1) is 14.2. The molecule has 1 saturated carbocycles. The van der Waals surface area contributed by atoms with Gasteiger partial charge in [-0.3, -0.25) is 4.79 Å². The highest BCUT2D eigenvalue weighted by Crippen LogP contribution is 2.37. The van der Waals surface area contributed by atoms with Crippen molar-refractivity contribution in [3.8, 4) is 0 Å². The summed E-state index contributed by atoms with van der Waals surface area (Å²) in [5, 5.41) is 2.04. The Kier molecular flexibility index (Phi) is 3.76. The lowest BCUT2D eigenvalue weighted by molar-refractivity contribution is 0.0681. The molecule has 0 aliphatic heterocycles. The predicted octanol–water partition coefficient (Wildman–Crippen LogP) is 3.52. The van der Waals surface area contributed by atoms with Gasteiger partial charge in [0.1, 0.15) is 5.69 Å². The number of hydrogen-bond donors (Lipinski definition) is 1. The second-order valence-electron chi connectivity index (χ2n) is 5.90. The van der Waals surface area contributed by atoms with Gasteiger partial charge in [-0.1, -0.05) is 6.07 Å². The fourth-order valence-corrected chi connectivity index (χ4v) is 3.24. The van der Waals surface area contributed by atoms with Gasteiger partial charge < -0.3 is 15.2 Å². The first-order valence-electron chi connectivity index (χ1n) is 7.37. The summed E-state index contributed by atoms with van der Waals surface area (Å²) in [5.74, 6) is 0.0713. The number of amides is 1. The minimum Gasteiger partial charge on any atom is -0.397 e. The van der Waals surface area contributed by atoms with Crippen LogP contribution in [0.3, 0.4) is 0 Å². The molecular weight excluding hydrogens is 282 g/mol. The van der Waals surface area contributed by atoms with E-state index in [-0.39, 0.29) is 11.9 Å². The highest BCUT2D eigenvalue weighted by molar-refractivity contribution is 7.09. The molecule has 0 spiro atoms. The molecule has 1 fully saturated rings. The fourth-order valence-electron chi connectivity index (χ4n) is 2.53. The van der Waals surface area contributed by atoms with Gasteiger partial charge in [-0.2, -0.15) is 0 Å². The van der Waals surface area contributed by atoms with Crippen molar-refractivity contribution in [3.05, 3.63) is 40.3 Å². The van der Waals surface area contributed by atoms with E-state index < -0.39 is 0 Å². The van der Waals surface area contributed by atoms with E-state index in [4.69, 9.17) is 5.73 Å². The molecule has 2 aromatic heterocycles. The topological polar surface area (TPSA) is 51.3 Å². The standard InChI is InChI=1S/C16H21N3OS/c1-11(2)18(10-14-4-3-7-21-14)16(20)15-8-12(17)9-19(15)13-5-6-13/h3-4,7-9,11,13H,5-6,10,17H2,1-2H3. The molecule has 0 bridgehead atoms. The van der Waals surface area contributed by atoms with Crippen LogP contribution in [0.15, 0.2) is 29.8 Å². The summed E-state index contributed by atoms with van der Waals surface area (Å²) in [6, 6.07) is 6.51. The maximum Gasteiger partial charge on any atom is 0.271 e. The highest BCUT2D eigenvalue weighted by atomic mass is 32.1. The smallest absolute Gasteiger partial charge is 0.271 e. The van der Waals surface area contributed by atoms with E-state index in [0.29, 0.717) is 18.3 Å². The molecular formula is C16H21N3OS. The molecule has 5 heteroatoms. The molecule has 0 saturated heterocycles. The maximum absolute atomic E-state index is 12.9. The summed E-state index contributed by atoms with van der Waals surface area (Å²) in [5.41, 5.74) is 7.30. The Morgan fingerprint density at radius 2 is 2.29 bits per heavy atom. The number of carbonyl (C=O) groups is 1. The van der Waals surface area contributed by atoms with Crippen molar-refractivity contribution in [2.24, 2.45) is 0 Å². The van der Waals surface area contributed by atoms with Gasteiger partial charge in [0.05, 0.1) is 12.2 Å². The molecule has 2 N–H and O–H groups in total. The van der Waals surface area contributed by atoms with Crippen LogP contribution in [0, 0.1) is 0 Å². The largest absolute Gasteiger partial charge is 0.397 e. The van der Waals surface area contributed by atoms with E-state index in [1.54, 1.807) is 11.3 Å². The lowest BCUT2D eigenvalue weighted by atomic mass is 10.2. The number of hydrogen-bond acceptors (Lipinski definition) is 3. The normalized spacial score (nSPS) is 14.6. The van der Waals surface area contributed by atoms with Crippen molar-refractivity contribution in [2.75, 3.05) is 5.73 Å². The zero-order valence-electron chi connectivity index (χ0n) is 12.5.